The van der Waals surface area contributed by atoms with E-state index in [0.29, 0.717) is 23.7 Å². The van der Waals surface area contributed by atoms with Gasteiger partial charge in [0.05, 0.1) is 5.02 Å². The van der Waals surface area contributed by atoms with Gasteiger partial charge in [0.15, 0.2) is 0 Å². The van der Waals surface area contributed by atoms with Crippen molar-refractivity contribution in [2.24, 2.45) is 5.73 Å². The molecule has 2 unspecified atom stereocenters. The maximum Gasteiger partial charge on any atom is 0.129 e. The fraction of sp³-hybridized carbons (Fsp3) is 0.667. The Balaban J connectivity index is 1.82. The van der Waals surface area contributed by atoms with Crippen molar-refractivity contribution in [3.8, 4) is 0 Å². The Hall–Kier alpha value is -0.840. The van der Waals surface area contributed by atoms with E-state index in [1.165, 1.54) is 25.8 Å². The van der Waals surface area contributed by atoms with Gasteiger partial charge in [-0.3, -0.25) is 4.90 Å². The van der Waals surface area contributed by atoms with Gasteiger partial charge >= 0.3 is 0 Å². The number of hydrogen-bond donors (Lipinski definition) is 1. The summed E-state index contributed by atoms with van der Waals surface area (Å²) in [6, 6.07) is 3.22. The van der Waals surface area contributed by atoms with Gasteiger partial charge in [-0.2, -0.15) is 0 Å². The normalized spacial score (nSPS) is 27.4. The van der Waals surface area contributed by atoms with Crippen LogP contribution in [0, 0.1) is 0 Å². The van der Waals surface area contributed by atoms with Gasteiger partial charge < -0.3 is 10.6 Å². The number of piperazine rings is 1. The van der Waals surface area contributed by atoms with Gasteiger partial charge in [0, 0.05) is 37.9 Å². The van der Waals surface area contributed by atoms with Gasteiger partial charge in [0.2, 0.25) is 0 Å². The molecule has 0 spiro atoms. The first-order valence-electron chi connectivity index (χ1n) is 7.54. The van der Waals surface area contributed by atoms with E-state index in [1.54, 1.807) is 6.20 Å². The first-order valence-corrected chi connectivity index (χ1v) is 7.92. The van der Waals surface area contributed by atoms with Crippen molar-refractivity contribution in [3.63, 3.8) is 0 Å². The number of hydrogen-bond acceptors (Lipinski definition) is 4. The van der Waals surface area contributed by atoms with E-state index in [-0.39, 0.29) is 0 Å². The molecule has 0 amide bonds. The summed E-state index contributed by atoms with van der Waals surface area (Å²) in [5.74, 6) is 1.02. The minimum absolute atomic E-state index is 0.464. The number of halogens is 1. The summed E-state index contributed by atoms with van der Waals surface area (Å²) >= 11 is 6.11. The van der Waals surface area contributed by atoms with Crippen LogP contribution in [0.2, 0.25) is 5.02 Å². The van der Waals surface area contributed by atoms with Gasteiger partial charge in [-0.05, 0) is 37.9 Å². The SMILES string of the molecule is CC1CN2CCCCC2CN1c1cc(CN)c(Cl)cn1. The number of anilines is 1. The lowest BCUT2D eigenvalue weighted by molar-refractivity contribution is 0.115. The molecule has 2 aliphatic heterocycles. The van der Waals surface area contributed by atoms with Gasteiger partial charge in [-0.1, -0.05) is 18.0 Å². The molecule has 2 aliphatic rings. The number of pyridine rings is 1. The third-order valence-electron chi connectivity index (χ3n) is 4.62. The smallest absolute Gasteiger partial charge is 0.129 e. The summed E-state index contributed by atoms with van der Waals surface area (Å²) in [4.78, 5) is 9.58. The van der Waals surface area contributed by atoms with Crippen LogP contribution in [0.3, 0.4) is 0 Å². The average molecular weight is 295 g/mol. The molecule has 3 heterocycles. The largest absolute Gasteiger partial charge is 0.351 e. The van der Waals surface area contributed by atoms with E-state index in [1.807, 2.05) is 0 Å². The summed E-state index contributed by atoms with van der Waals surface area (Å²) in [5, 5.41) is 0.667. The number of fused-ring (bicyclic) bond motifs is 1. The van der Waals surface area contributed by atoms with Crippen LogP contribution >= 0.6 is 11.6 Å². The van der Waals surface area contributed by atoms with Crippen LogP contribution < -0.4 is 10.6 Å². The molecule has 0 aliphatic carbocycles. The molecular formula is C15H23ClN4. The van der Waals surface area contributed by atoms with Crippen molar-refractivity contribution in [2.45, 2.75) is 44.8 Å². The maximum absolute atomic E-state index is 6.11. The number of rotatable bonds is 2. The second kappa shape index (κ2) is 5.88. The van der Waals surface area contributed by atoms with Crippen molar-refractivity contribution in [3.05, 3.63) is 22.8 Å². The van der Waals surface area contributed by atoms with E-state index in [4.69, 9.17) is 17.3 Å². The Morgan fingerprint density at radius 2 is 2.25 bits per heavy atom. The summed E-state index contributed by atoms with van der Waals surface area (Å²) in [6.07, 6.45) is 5.74. The second-order valence-electron chi connectivity index (χ2n) is 5.98. The fourth-order valence-corrected chi connectivity index (χ4v) is 3.63. The minimum Gasteiger partial charge on any atom is -0.351 e. The zero-order valence-electron chi connectivity index (χ0n) is 12.1. The molecule has 0 aromatic carbocycles. The van der Waals surface area contributed by atoms with E-state index < -0.39 is 0 Å². The topological polar surface area (TPSA) is 45.4 Å². The number of piperidine rings is 1. The van der Waals surface area contributed by atoms with Crippen LogP contribution in [-0.4, -0.2) is 41.6 Å². The molecule has 1 aromatic heterocycles. The van der Waals surface area contributed by atoms with Crippen molar-refractivity contribution in [1.29, 1.82) is 0 Å². The van der Waals surface area contributed by atoms with E-state index >= 15 is 0 Å². The number of nitrogens with two attached hydrogens (primary N) is 1. The van der Waals surface area contributed by atoms with Crippen LogP contribution in [0.25, 0.3) is 0 Å². The Morgan fingerprint density at radius 1 is 1.40 bits per heavy atom. The molecule has 4 nitrogen and oxygen atoms in total. The molecule has 20 heavy (non-hydrogen) atoms. The highest BCUT2D eigenvalue weighted by Crippen LogP contribution is 2.28. The predicted octanol–water partition coefficient (Wildman–Crippen LogP) is 2.26. The van der Waals surface area contributed by atoms with Gasteiger partial charge in [-0.25, -0.2) is 4.98 Å². The molecule has 0 radical (unpaired) electrons. The van der Waals surface area contributed by atoms with Crippen molar-refractivity contribution in [1.82, 2.24) is 9.88 Å². The van der Waals surface area contributed by atoms with Crippen molar-refractivity contribution in [2.75, 3.05) is 24.5 Å². The number of aromatic nitrogens is 1. The highest BCUT2D eigenvalue weighted by molar-refractivity contribution is 6.31. The molecule has 2 N–H and O–H groups in total. The third kappa shape index (κ3) is 2.65. The van der Waals surface area contributed by atoms with Gasteiger partial charge in [0.25, 0.3) is 0 Å². The first kappa shape index (κ1) is 14.1. The average Bonchev–Trinajstić information content (AvgIpc) is 2.47. The highest BCUT2D eigenvalue weighted by atomic mass is 35.5. The standard InChI is InChI=1S/C15H23ClN4/c1-11-9-19-5-3-2-4-13(19)10-20(11)15-6-12(7-17)14(16)8-18-15/h6,8,11,13H,2-5,7,9-10,17H2,1H3. The molecule has 2 fully saturated rings. The highest BCUT2D eigenvalue weighted by Gasteiger charge is 2.33. The predicted molar refractivity (Wildman–Crippen MR) is 83.2 cm³/mol. The summed E-state index contributed by atoms with van der Waals surface area (Å²) < 4.78 is 0. The Kier molecular flexibility index (Phi) is 4.15. The monoisotopic (exact) mass is 294 g/mol. The van der Waals surface area contributed by atoms with E-state index in [2.05, 4.69) is 27.8 Å². The molecule has 0 bridgehead atoms. The summed E-state index contributed by atoms with van der Waals surface area (Å²) in [5.41, 5.74) is 6.73. The molecule has 110 valence electrons. The molecule has 3 rings (SSSR count). The van der Waals surface area contributed by atoms with Crippen LogP contribution in [0.4, 0.5) is 5.82 Å². The zero-order chi connectivity index (χ0) is 14.1. The van der Waals surface area contributed by atoms with Crippen LogP contribution in [0.1, 0.15) is 31.7 Å². The minimum atomic E-state index is 0.464. The fourth-order valence-electron chi connectivity index (χ4n) is 3.45. The maximum atomic E-state index is 6.11. The Labute approximate surface area is 125 Å². The Morgan fingerprint density at radius 3 is 3.05 bits per heavy atom. The summed E-state index contributed by atoms with van der Waals surface area (Å²) in [7, 11) is 0. The van der Waals surface area contributed by atoms with Crippen molar-refractivity contribution < 1.29 is 0 Å². The van der Waals surface area contributed by atoms with Crippen LogP contribution in [0.5, 0.6) is 0 Å². The first-order chi connectivity index (χ1) is 9.69. The second-order valence-corrected chi connectivity index (χ2v) is 6.39. The third-order valence-corrected chi connectivity index (χ3v) is 4.96. The lowest BCUT2D eigenvalue weighted by atomic mass is 9.97. The Bertz CT molecular complexity index is 479. The van der Waals surface area contributed by atoms with Gasteiger partial charge in [0.1, 0.15) is 5.82 Å². The molecule has 0 saturated carbocycles. The van der Waals surface area contributed by atoms with Gasteiger partial charge in [-0.15, -0.1) is 0 Å². The molecule has 2 saturated heterocycles. The van der Waals surface area contributed by atoms with E-state index in [9.17, 15) is 0 Å². The lowest BCUT2D eigenvalue weighted by Crippen LogP contribution is -2.59. The van der Waals surface area contributed by atoms with Crippen molar-refractivity contribution >= 4 is 17.4 Å². The molecule has 1 aromatic rings. The van der Waals surface area contributed by atoms with Crippen LogP contribution in [-0.2, 0) is 6.54 Å². The lowest BCUT2D eigenvalue weighted by Gasteiger charge is -2.48. The number of nitrogens with zero attached hydrogens (tertiary/aromatic N) is 3. The summed E-state index contributed by atoms with van der Waals surface area (Å²) in [6.45, 7) is 6.20. The van der Waals surface area contributed by atoms with Crippen LogP contribution in [0.15, 0.2) is 12.3 Å². The zero-order valence-corrected chi connectivity index (χ0v) is 12.8. The molecule has 2 atom stereocenters. The molecule has 5 heteroatoms. The quantitative estimate of drug-likeness (QED) is 0.909. The van der Waals surface area contributed by atoms with E-state index in [0.717, 1.165) is 24.5 Å². The molecular weight excluding hydrogens is 272 g/mol.